The zero-order valence-corrected chi connectivity index (χ0v) is 11.8. The van der Waals surface area contributed by atoms with Crippen molar-refractivity contribution in [2.24, 2.45) is 5.92 Å². The number of hydrogen-bond donors (Lipinski definition) is 1. The molecule has 3 rings (SSSR count). The van der Waals surface area contributed by atoms with Crippen LogP contribution in [0.5, 0.6) is 0 Å². The molecule has 0 spiro atoms. The summed E-state index contributed by atoms with van der Waals surface area (Å²) in [6, 6.07) is 8.38. The van der Waals surface area contributed by atoms with Crippen molar-refractivity contribution in [2.75, 3.05) is 0 Å². The monoisotopic (exact) mass is 273 g/mol. The molecule has 1 aromatic heterocycles. The molecule has 1 heterocycles. The molecular formula is C16H19NOS. The van der Waals surface area contributed by atoms with Crippen LogP contribution in [0.3, 0.4) is 0 Å². The van der Waals surface area contributed by atoms with Crippen LogP contribution in [-0.4, -0.2) is 5.91 Å². The van der Waals surface area contributed by atoms with Crippen molar-refractivity contribution in [3.63, 3.8) is 0 Å². The molecule has 0 saturated heterocycles. The number of carbonyl (C=O) groups is 1. The Morgan fingerprint density at radius 1 is 1.21 bits per heavy atom. The van der Waals surface area contributed by atoms with E-state index >= 15 is 0 Å². The minimum atomic E-state index is 0.245. The minimum Gasteiger partial charge on any atom is -0.352 e. The first kappa shape index (κ1) is 12.7. The molecule has 100 valence electrons. The zero-order chi connectivity index (χ0) is 13.1. The van der Waals surface area contributed by atoms with Crippen molar-refractivity contribution in [1.82, 2.24) is 5.32 Å². The van der Waals surface area contributed by atoms with Gasteiger partial charge in [0.1, 0.15) is 0 Å². The van der Waals surface area contributed by atoms with Gasteiger partial charge in [0.2, 0.25) is 5.91 Å². The molecule has 1 N–H and O–H groups in total. The van der Waals surface area contributed by atoms with Gasteiger partial charge in [-0.1, -0.05) is 37.5 Å². The topological polar surface area (TPSA) is 29.1 Å². The van der Waals surface area contributed by atoms with Crippen LogP contribution in [0.1, 0.15) is 37.7 Å². The number of thiophene rings is 1. The van der Waals surface area contributed by atoms with Gasteiger partial charge >= 0.3 is 0 Å². The van der Waals surface area contributed by atoms with Gasteiger partial charge in [-0.15, -0.1) is 11.3 Å². The summed E-state index contributed by atoms with van der Waals surface area (Å²) < 4.78 is 1.30. The maximum Gasteiger partial charge on any atom is 0.223 e. The van der Waals surface area contributed by atoms with Gasteiger partial charge in [0.15, 0.2) is 0 Å². The number of amides is 1. The normalized spacial score (nSPS) is 16.6. The molecule has 19 heavy (non-hydrogen) atoms. The molecule has 0 radical (unpaired) electrons. The van der Waals surface area contributed by atoms with Gasteiger partial charge in [-0.25, -0.2) is 0 Å². The highest BCUT2D eigenvalue weighted by Crippen LogP contribution is 2.26. The fraction of sp³-hybridized carbons (Fsp3) is 0.438. The molecule has 1 fully saturated rings. The summed E-state index contributed by atoms with van der Waals surface area (Å²) in [6.07, 6.45) is 5.84. The molecule has 1 aliphatic rings. The molecule has 3 heteroatoms. The first-order chi connectivity index (χ1) is 9.34. The summed E-state index contributed by atoms with van der Waals surface area (Å²) in [6.45, 7) is 0.666. The van der Waals surface area contributed by atoms with Crippen LogP contribution in [0.4, 0.5) is 0 Å². The first-order valence-corrected chi connectivity index (χ1v) is 7.95. The van der Waals surface area contributed by atoms with Gasteiger partial charge in [-0.3, -0.25) is 4.79 Å². The van der Waals surface area contributed by atoms with Crippen molar-refractivity contribution in [3.05, 3.63) is 35.2 Å². The van der Waals surface area contributed by atoms with Gasteiger partial charge in [-0.2, -0.15) is 0 Å². The van der Waals surface area contributed by atoms with E-state index in [9.17, 15) is 4.79 Å². The maximum absolute atomic E-state index is 12.1. The minimum absolute atomic E-state index is 0.245. The Morgan fingerprint density at radius 2 is 2.00 bits per heavy atom. The first-order valence-electron chi connectivity index (χ1n) is 7.07. The number of carbonyl (C=O) groups excluding carboxylic acids is 1. The largest absolute Gasteiger partial charge is 0.352 e. The average Bonchev–Trinajstić information content (AvgIpc) is 2.89. The van der Waals surface area contributed by atoms with Gasteiger partial charge in [0.25, 0.3) is 0 Å². The third-order valence-electron chi connectivity index (χ3n) is 3.99. The summed E-state index contributed by atoms with van der Waals surface area (Å²) in [5, 5.41) is 6.55. The van der Waals surface area contributed by atoms with Gasteiger partial charge < -0.3 is 5.32 Å². The van der Waals surface area contributed by atoms with E-state index < -0.39 is 0 Å². The second-order valence-corrected chi connectivity index (χ2v) is 6.22. The summed E-state index contributed by atoms with van der Waals surface area (Å²) >= 11 is 1.75. The molecule has 1 aromatic carbocycles. The van der Waals surface area contributed by atoms with Crippen molar-refractivity contribution in [1.29, 1.82) is 0 Å². The molecular weight excluding hydrogens is 254 g/mol. The Balaban J connectivity index is 1.64. The van der Waals surface area contributed by atoms with Crippen LogP contribution in [0.2, 0.25) is 0 Å². The smallest absolute Gasteiger partial charge is 0.223 e. The predicted octanol–water partition coefficient (Wildman–Crippen LogP) is 4.10. The summed E-state index contributed by atoms with van der Waals surface area (Å²) in [7, 11) is 0. The number of rotatable bonds is 3. The molecule has 2 nitrogen and oxygen atoms in total. The second kappa shape index (κ2) is 5.74. The van der Waals surface area contributed by atoms with Gasteiger partial charge in [-0.05, 0) is 35.2 Å². The number of benzene rings is 1. The summed E-state index contributed by atoms with van der Waals surface area (Å²) in [5.74, 6) is 0.494. The summed E-state index contributed by atoms with van der Waals surface area (Å²) in [4.78, 5) is 12.1. The molecule has 2 aromatic rings. The van der Waals surface area contributed by atoms with Crippen LogP contribution >= 0.6 is 11.3 Å². The summed E-state index contributed by atoms with van der Waals surface area (Å²) in [5.41, 5.74) is 1.24. The van der Waals surface area contributed by atoms with Crippen LogP contribution in [-0.2, 0) is 11.3 Å². The van der Waals surface area contributed by atoms with E-state index in [0.29, 0.717) is 6.54 Å². The quantitative estimate of drug-likeness (QED) is 0.896. The zero-order valence-electron chi connectivity index (χ0n) is 11.0. The molecule has 0 atom stereocenters. The lowest BCUT2D eigenvalue weighted by molar-refractivity contribution is -0.126. The molecule has 0 bridgehead atoms. The Hall–Kier alpha value is -1.35. The fourth-order valence-corrected chi connectivity index (χ4v) is 3.82. The van der Waals surface area contributed by atoms with Gasteiger partial charge in [0.05, 0.1) is 0 Å². The van der Waals surface area contributed by atoms with Crippen molar-refractivity contribution in [2.45, 2.75) is 38.6 Å². The average molecular weight is 273 g/mol. The van der Waals surface area contributed by atoms with E-state index in [1.807, 2.05) is 0 Å². The van der Waals surface area contributed by atoms with Crippen molar-refractivity contribution < 1.29 is 4.79 Å². The van der Waals surface area contributed by atoms with Crippen LogP contribution < -0.4 is 5.32 Å². The molecule has 1 saturated carbocycles. The van der Waals surface area contributed by atoms with Crippen LogP contribution in [0.15, 0.2) is 29.6 Å². The Labute approximate surface area is 117 Å². The van der Waals surface area contributed by atoms with E-state index in [1.165, 1.54) is 34.9 Å². The third-order valence-corrected chi connectivity index (χ3v) is 5.00. The van der Waals surface area contributed by atoms with E-state index in [-0.39, 0.29) is 11.8 Å². The van der Waals surface area contributed by atoms with Crippen LogP contribution in [0.25, 0.3) is 10.1 Å². The van der Waals surface area contributed by atoms with E-state index in [0.717, 1.165) is 12.8 Å². The Morgan fingerprint density at radius 3 is 2.84 bits per heavy atom. The standard InChI is InChI=1S/C16H19NOS/c18-16(12-6-2-1-3-7-12)17-10-13-11-19-15-9-5-4-8-14(13)15/h4-5,8-9,11-12H,1-3,6-7,10H2,(H,17,18). The fourth-order valence-electron chi connectivity index (χ4n) is 2.86. The lowest BCUT2D eigenvalue weighted by Crippen LogP contribution is -2.31. The van der Waals surface area contributed by atoms with E-state index in [1.54, 1.807) is 11.3 Å². The lowest BCUT2D eigenvalue weighted by Gasteiger charge is -2.20. The molecule has 1 aliphatic carbocycles. The lowest BCUT2D eigenvalue weighted by atomic mass is 9.88. The molecule has 0 unspecified atom stereocenters. The van der Waals surface area contributed by atoms with Crippen molar-refractivity contribution in [3.8, 4) is 0 Å². The second-order valence-electron chi connectivity index (χ2n) is 5.31. The predicted molar refractivity (Wildman–Crippen MR) is 80.2 cm³/mol. The maximum atomic E-state index is 12.1. The van der Waals surface area contributed by atoms with Gasteiger partial charge in [0, 0.05) is 17.2 Å². The third kappa shape index (κ3) is 2.81. The highest BCUT2D eigenvalue weighted by molar-refractivity contribution is 7.17. The number of fused-ring (bicyclic) bond motifs is 1. The van der Waals surface area contributed by atoms with E-state index in [2.05, 4.69) is 35.0 Å². The molecule has 0 aliphatic heterocycles. The Bertz CT molecular complexity index is 569. The van der Waals surface area contributed by atoms with Crippen LogP contribution in [0, 0.1) is 5.92 Å². The van der Waals surface area contributed by atoms with E-state index in [4.69, 9.17) is 0 Å². The van der Waals surface area contributed by atoms with Crippen molar-refractivity contribution >= 4 is 27.3 Å². The Kier molecular flexibility index (Phi) is 3.83. The highest BCUT2D eigenvalue weighted by Gasteiger charge is 2.20. The molecule has 1 amide bonds. The highest BCUT2D eigenvalue weighted by atomic mass is 32.1. The SMILES string of the molecule is O=C(NCc1csc2ccccc12)C1CCCCC1. The number of hydrogen-bond acceptors (Lipinski definition) is 2. The number of nitrogens with one attached hydrogen (secondary N) is 1.